The van der Waals surface area contributed by atoms with E-state index >= 15 is 0 Å². The van der Waals surface area contributed by atoms with Gasteiger partial charge in [0.05, 0.1) is 16.6 Å². The minimum atomic E-state index is -4.46. The van der Waals surface area contributed by atoms with Crippen LogP contribution in [0.3, 0.4) is 0 Å². The number of rotatable bonds is 5. The van der Waals surface area contributed by atoms with Gasteiger partial charge in [0, 0.05) is 18.7 Å². The number of nitrogens with zero attached hydrogens (tertiary/aromatic N) is 1. The van der Waals surface area contributed by atoms with E-state index in [1.54, 1.807) is 0 Å². The molecule has 3 aromatic rings. The van der Waals surface area contributed by atoms with Crippen molar-refractivity contribution in [2.75, 3.05) is 13.2 Å². The number of nitrogens with one attached hydrogen (secondary N) is 2. The number of carbonyl (C=O) groups is 1. The fourth-order valence-electron chi connectivity index (χ4n) is 3.44. The quantitative estimate of drug-likeness (QED) is 0.531. The molecule has 1 aromatic heterocycles. The van der Waals surface area contributed by atoms with Crippen LogP contribution in [0.5, 0.6) is 5.75 Å². The normalized spacial score (nSPS) is 19.2. The van der Waals surface area contributed by atoms with Gasteiger partial charge in [-0.3, -0.25) is 4.79 Å². The fraction of sp³-hybridized carbons (Fsp3) is 0.333. The molecule has 32 heavy (non-hydrogen) atoms. The van der Waals surface area contributed by atoms with Gasteiger partial charge in [-0.15, -0.1) is 0 Å². The Kier molecular flexibility index (Phi) is 6.25. The highest BCUT2D eigenvalue weighted by molar-refractivity contribution is 6.30. The summed E-state index contributed by atoms with van der Waals surface area (Å²) in [5.41, 5.74) is -0.375. The minimum Gasteiger partial charge on any atom is -0.484 e. The number of alkyl halides is 3. The maximum Gasteiger partial charge on any atom is 0.416 e. The predicted molar refractivity (Wildman–Crippen MR) is 108 cm³/mol. The SMILES string of the molecule is O=C(COc1ccc(Cl)c(F)c1)N[C@H]1CC[C@H](c2nc3ccc(C(F)(F)F)cc3o2)NC1. The van der Waals surface area contributed by atoms with E-state index in [9.17, 15) is 22.4 Å². The van der Waals surface area contributed by atoms with Gasteiger partial charge in [-0.25, -0.2) is 9.37 Å². The lowest BCUT2D eigenvalue weighted by atomic mass is 10.0. The minimum absolute atomic E-state index is 0.0376. The lowest BCUT2D eigenvalue weighted by Crippen LogP contribution is -2.48. The highest BCUT2D eigenvalue weighted by atomic mass is 35.5. The number of ether oxygens (including phenoxy) is 1. The summed E-state index contributed by atoms with van der Waals surface area (Å²) in [5.74, 6) is -0.515. The lowest BCUT2D eigenvalue weighted by Gasteiger charge is -2.28. The Bertz CT molecular complexity index is 1130. The molecule has 1 aliphatic heterocycles. The molecule has 0 bridgehead atoms. The number of hydrogen-bond acceptors (Lipinski definition) is 5. The number of carbonyl (C=O) groups excluding carboxylic acids is 1. The van der Waals surface area contributed by atoms with Crippen molar-refractivity contribution in [3.05, 3.63) is 58.7 Å². The van der Waals surface area contributed by atoms with Crippen LogP contribution in [0.4, 0.5) is 17.6 Å². The van der Waals surface area contributed by atoms with Crippen molar-refractivity contribution in [1.29, 1.82) is 0 Å². The zero-order chi connectivity index (χ0) is 22.9. The van der Waals surface area contributed by atoms with E-state index in [0.29, 0.717) is 30.8 Å². The molecule has 170 valence electrons. The topological polar surface area (TPSA) is 76.4 Å². The van der Waals surface area contributed by atoms with Gasteiger partial charge in [-0.2, -0.15) is 13.2 Å². The molecule has 0 aliphatic carbocycles. The first kappa shape index (κ1) is 22.3. The summed E-state index contributed by atoms with van der Waals surface area (Å²) >= 11 is 5.60. The summed E-state index contributed by atoms with van der Waals surface area (Å²) < 4.78 is 62.8. The predicted octanol–water partition coefficient (Wildman–Crippen LogP) is 4.63. The summed E-state index contributed by atoms with van der Waals surface area (Å²) in [4.78, 5) is 16.4. The van der Waals surface area contributed by atoms with Crippen molar-refractivity contribution in [3.63, 3.8) is 0 Å². The zero-order valence-electron chi connectivity index (χ0n) is 16.5. The third-order valence-electron chi connectivity index (χ3n) is 5.07. The van der Waals surface area contributed by atoms with Gasteiger partial charge in [0.2, 0.25) is 5.89 Å². The van der Waals surface area contributed by atoms with E-state index in [-0.39, 0.29) is 41.0 Å². The zero-order valence-corrected chi connectivity index (χ0v) is 17.3. The average Bonchev–Trinajstić information content (AvgIpc) is 3.18. The Balaban J connectivity index is 1.29. The third-order valence-corrected chi connectivity index (χ3v) is 5.38. The molecule has 2 heterocycles. The van der Waals surface area contributed by atoms with Gasteiger partial charge in [-0.1, -0.05) is 11.6 Å². The smallest absolute Gasteiger partial charge is 0.416 e. The van der Waals surface area contributed by atoms with Crippen LogP contribution in [0, 0.1) is 5.82 Å². The van der Waals surface area contributed by atoms with Gasteiger partial charge in [0.1, 0.15) is 17.1 Å². The summed E-state index contributed by atoms with van der Waals surface area (Å²) in [6.07, 6.45) is -3.29. The van der Waals surface area contributed by atoms with E-state index < -0.39 is 17.6 Å². The molecule has 0 spiro atoms. The Morgan fingerprint density at radius 1 is 1.25 bits per heavy atom. The largest absolute Gasteiger partial charge is 0.484 e. The van der Waals surface area contributed by atoms with E-state index in [2.05, 4.69) is 15.6 Å². The first-order chi connectivity index (χ1) is 15.2. The maximum atomic E-state index is 13.4. The summed E-state index contributed by atoms with van der Waals surface area (Å²) in [6, 6.07) is 6.63. The first-order valence-corrected chi connectivity index (χ1v) is 10.1. The van der Waals surface area contributed by atoms with Crippen LogP contribution in [-0.4, -0.2) is 30.1 Å². The first-order valence-electron chi connectivity index (χ1n) is 9.77. The number of amides is 1. The van der Waals surface area contributed by atoms with Gasteiger partial charge in [-0.05, 0) is 43.2 Å². The second-order valence-electron chi connectivity index (χ2n) is 7.40. The summed E-state index contributed by atoms with van der Waals surface area (Å²) in [6.45, 7) is 0.131. The number of halogens is 5. The summed E-state index contributed by atoms with van der Waals surface area (Å²) in [7, 11) is 0. The average molecular weight is 472 g/mol. The number of piperidine rings is 1. The number of hydrogen-bond donors (Lipinski definition) is 2. The molecule has 2 N–H and O–H groups in total. The van der Waals surface area contributed by atoms with Gasteiger partial charge in [0.25, 0.3) is 5.91 Å². The van der Waals surface area contributed by atoms with Crippen molar-refractivity contribution in [1.82, 2.24) is 15.6 Å². The Morgan fingerprint density at radius 3 is 2.75 bits per heavy atom. The molecular formula is C21H18ClF4N3O3. The van der Waals surface area contributed by atoms with Gasteiger partial charge in [0.15, 0.2) is 12.2 Å². The number of aromatic nitrogens is 1. The van der Waals surface area contributed by atoms with Crippen molar-refractivity contribution in [2.45, 2.75) is 31.1 Å². The molecule has 11 heteroatoms. The molecule has 2 aromatic carbocycles. The van der Waals surface area contributed by atoms with Gasteiger partial charge < -0.3 is 19.8 Å². The third kappa shape index (κ3) is 5.13. The number of oxazole rings is 1. The Hall–Kier alpha value is -2.85. The molecule has 1 fully saturated rings. The van der Waals surface area contributed by atoms with Crippen LogP contribution in [0.2, 0.25) is 5.02 Å². The Morgan fingerprint density at radius 2 is 2.06 bits per heavy atom. The molecule has 1 amide bonds. The maximum absolute atomic E-state index is 13.4. The molecule has 0 saturated carbocycles. The van der Waals surface area contributed by atoms with Crippen LogP contribution < -0.4 is 15.4 Å². The molecule has 6 nitrogen and oxygen atoms in total. The fourth-order valence-corrected chi connectivity index (χ4v) is 3.56. The van der Waals surface area contributed by atoms with E-state index in [1.807, 2.05) is 0 Å². The van der Waals surface area contributed by atoms with Crippen LogP contribution >= 0.6 is 11.6 Å². The molecule has 0 radical (unpaired) electrons. The van der Waals surface area contributed by atoms with Crippen molar-refractivity contribution >= 4 is 28.6 Å². The standard InChI is InChI=1S/C21H18ClF4N3O3/c22-14-4-3-13(8-15(14)23)31-10-19(30)28-12-2-6-17(27-9-12)20-29-16-5-1-11(21(24,25)26)7-18(16)32-20/h1,3-5,7-8,12,17,27H,2,6,9-10H2,(H,28,30)/t12-,17+/m0/s1. The van der Waals surface area contributed by atoms with Crippen molar-refractivity contribution in [2.24, 2.45) is 0 Å². The monoisotopic (exact) mass is 471 g/mol. The summed E-state index contributed by atoms with van der Waals surface area (Å²) in [5, 5.41) is 5.96. The highest BCUT2D eigenvalue weighted by Crippen LogP contribution is 2.33. The van der Waals surface area contributed by atoms with Crippen molar-refractivity contribution in [3.8, 4) is 5.75 Å². The lowest BCUT2D eigenvalue weighted by molar-refractivity contribution is -0.137. The van der Waals surface area contributed by atoms with Crippen LogP contribution in [0.1, 0.15) is 30.3 Å². The molecule has 2 atom stereocenters. The van der Waals surface area contributed by atoms with Crippen molar-refractivity contribution < 1.29 is 31.5 Å². The highest BCUT2D eigenvalue weighted by Gasteiger charge is 2.32. The number of benzene rings is 2. The molecule has 4 rings (SSSR count). The van der Waals surface area contributed by atoms with E-state index in [4.69, 9.17) is 20.8 Å². The molecule has 1 saturated heterocycles. The van der Waals surface area contributed by atoms with Crippen LogP contribution in [-0.2, 0) is 11.0 Å². The Labute approximate surface area is 184 Å². The van der Waals surface area contributed by atoms with E-state index in [1.165, 1.54) is 18.2 Å². The molecule has 1 aliphatic rings. The van der Waals surface area contributed by atoms with Crippen LogP contribution in [0.15, 0.2) is 40.8 Å². The molecular weight excluding hydrogens is 454 g/mol. The molecule has 0 unspecified atom stereocenters. The van der Waals surface area contributed by atoms with Gasteiger partial charge >= 0.3 is 6.18 Å². The second kappa shape index (κ2) is 8.95. The number of fused-ring (bicyclic) bond motifs is 1. The second-order valence-corrected chi connectivity index (χ2v) is 7.81. The van der Waals surface area contributed by atoms with E-state index in [0.717, 1.165) is 18.2 Å². The van der Waals surface area contributed by atoms with Crippen LogP contribution in [0.25, 0.3) is 11.1 Å².